The molecule has 0 unspecified atom stereocenters. The standard InChI is InChI=1S/C45H36N4P2/c1-8-22-37(23-9-1)44-36-49(48-51(41-30-16-5-17-31-41,42-32-18-6-19-33-42)43-34-20-7-21-35-43)45(46-44)47-50(38-24-10-2-11-25-38,39-26-12-3-13-27-39)40-28-14-4-15-29-40/h1-36H. The number of hydrogen-bond acceptors (Lipinski definition) is 3. The Morgan fingerprint density at radius 3 is 0.980 bits per heavy atom. The van der Waals surface area contributed by atoms with Gasteiger partial charge in [-0.15, -0.1) is 0 Å². The molecular formula is C45H36N4P2. The van der Waals surface area contributed by atoms with E-state index in [0.29, 0.717) is 5.95 Å². The molecule has 7 aromatic carbocycles. The second-order valence-corrected chi connectivity index (χ2v) is 18.1. The van der Waals surface area contributed by atoms with Crippen LogP contribution in [0, 0.1) is 0 Å². The minimum absolute atomic E-state index is 0.561. The van der Waals surface area contributed by atoms with Gasteiger partial charge < -0.3 is 0 Å². The predicted octanol–water partition coefficient (Wildman–Crippen LogP) is 9.30. The second kappa shape index (κ2) is 14.6. The van der Waals surface area contributed by atoms with Crippen molar-refractivity contribution in [1.29, 1.82) is 0 Å². The van der Waals surface area contributed by atoms with Gasteiger partial charge in [-0.25, -0.2) is 14.4 Å². The van der Waals surface area contributed by atoms with Crippen molar-refractivity contribution in [2.75, 3.05) is 0 Å². The van der Waals surface area contributed by atoms with Crippen LogP contribution in [0.2, 0.25) is 0 Å². The first-order valence-electron chi connectivity index (χ1n) is 17.0. The highest BCUT2D eigenvalue weighted by atomic mass is 31.2. The van der Waals surface area contributed by atoms with E-state index in [9.17, 15) is 0 Å². The Balaban J connectivity index is 1.55. The average Bonchev–Trinajstić information content (AvgIpc) is 3.63. The molecule has 0 N–H and O–H groups in total. The number of aromatic nitrogens is 2. The quantitative estimate of drug-likeness (QED) is 0.139. The van der Waals surface area contributed by atoms with Gasteiger partial charge in [0.2, 0.25) is 0 Å². The maximum absolute atomic E-state index is 5.90. The minimum atomic E-state index is -2.67. The maximum Gasteiger partial charge on any atom is 0.250 e. The third-order valence-corrected chi connectivity index (χ3v) is 16.2. The number of hydrogen-bond donors (Lipinski definition) is 0. The van der Waals surface area contributed by atoms with Crippen molar-refractivity contribution < 1.29 is 0 Å². The molecule has 246 valence electrons. The van der Waals surface area contributed by atoms with E-state index < -0.39 is 14.1 Å². The second-order valence-electron chi connectivity index (χ2n) is 12.1. The van der Waals surface area contributed by atoms with Crippen LogP contribution in [0.25, 0.3) is 11.3 Å². The molecule has 0 aliphatic rings. The van der Waals surface area contributed by atoms with Crippen molar-refractivity contribution in [2.24, 2.45) is 9.60 Å². The van der Waals surface area contributed by atoms with E-state index in [4.69, 9.17) is 14.6 Å². The van der Waals surface area contributed by atoms with Crippen molar-refractivity contribution in [1.82, 2.24) is 9.66 Å². The molecule has 0 atom stereocenters. The topological polar surface area (TPSA) is 42.5 Å². The van der Waals surface area contributed by atoms with Crippen molar-refractivity contribution in [2.45, 2.75) is 0 Å². The Kier molecular flexibility index (Phi) is 9.28. The summed E-state index contributed by atoms with van der Waals surface area (Å²) in [5.74, 6) is 0.561. The smallest absolute Gasteiger partial charge is 0.217 e. The van der Waals surface area contributed by atoms with Gasteiger partial charge in [0.05, 0.1) is 26.0 Å². The molecule has 0 aliphatic heterocycles. The van der Waals surface area contributed by atoms with Gasteiger partial charge in [0, 0.05) is 37.4 Å². The largest absolute Gasteiger partial charge is 0.250 e. The number of rotatable bonds is 9. The lowest BCUT2D eigenvalue weighted by Crippen LogP contribution is -2.26. The molecule has 51 heavy (non-hydrogen) atoms. The molecule has 0 bridgehead atoms. The van der Waals surface area contributed by atoms with Crippen LogP contribution in [-0.2, 0) is 0 Å². The summed E-state index contributed by atoms with van der Waals surface area (Å²) in [4.78, 5) is 11.3. The third-order valence-electron chi connectivity index (χ3n) is 8.99. The van der Waals surface area contributed by atoms with E-state index in [1.807, 2.05) is 22.9 Å². The van der Waals surface area contributed by atoms with Crippen LogP contribution in [0.3, 0.4) is 0 Å². The molecule has 6 heteroatoms. The lowest BCUT2D eigenvalue weighted by atomic mass is 10.2. The van der Waals surface area contributed by atoms with Crippen molar-refractivity contribution in [3.05, 3.63) is 219 Å². The zero-order valence-electron chi connectivity index (χ0n) is 28.0. The van der Waals surface area contributed by atoms with Gasteiger partial charge >= 0.3 is 0 Å². The van der Waals surface area contributed by atoms with Crippen LogP contribution in [0.15, 0.2) is 228 Å². The normalized spacial score (nSPS) is 11.5. The van der Waals surface area contributed by atoms with Crippen molar-refractivity contribution in [3.63, 3.8) is 0 Å². The third kappa shape index (κ3) is 6.26. The van der Waals surface area contributed by atoms with Gasteiger partial charge in [0.25, 0.3) is 5.95 Å². The first-order chi connectivity index (χ1) is 25.3. The number of nitrogens with zero attached hydrogens (tertiary/aromatic N) is 4. The molecule has 0 aliphatic carbocycles. The van der Waals surface area contributed by atoms with Crippen LogP contribution in [0.4, 0.5) is 5.95 Å². The van der Waals surface area contributed by atoms with E-state index in [1.165, 1.54) is 0 Å². The summed E-state index contributed by atoms with van der Waals surface area (Å²) in [7, 11) is -5.33. The molecule has 8 aromatic rings. The number of imidazole rings is 1. The Bertz CT molecular complexity index is 2090. The van der Waals surface area contributed by atoms with E-state index in [2.05, 4.69) is 200 Å². The fraction of sp³-hybridized carbons (Fsp3) is 0. The first-order valence-corrected chi connectivity index (χ1v) is 20.5. The zero-order chi connectivity index (χ0) is 34.4. The summed E-state index contributed by atoms with van der Waals surface area (Å²) in [6.07, 6.45) is 2.06. The summed E-state index contributed by atoms with van der Waals surface area (Å²) in [6.45, 7) is 0. The highest BCUT2D eigenvalue weighted by Gasteiger charge is 2.31. The summed E-state index contributed by atoms with van der Waals surface area (Å²) < 4.78 is 7.88. The van der Waals surface area contributed by atoms with Crippen LogP contribution >= 0.6 is 14.1 Å². The summed E-state index contributed by atoms with van der Waals surface area (Å²) in [5.41, 5.74) is 1.83. The van der Waals surface area contributed by atoms with Crippen LogP contribution < -0.4 is 31.8 Å². The molecular weight excluding hydrogens is 658 g/mol. The molecule has 0 radical (unpaired) electrons. The van der Waals surface area contributed by atoms with Gasteiger partial charge in [-0.2, -0.15) is 4.85 Å². The SMILES string of the molecule is c1ccc(-c2cn(N=P(c3ccccc3)(c3ccccc3)c3ccccc3)c(N=P(c3ccccc3)(c3ccccc3)c3ccccc3)n2)cc1. The Labute approximate surface area is 299 Å². The monoisotopic (exact) mass is 694 g/mol. The molecule has 0 amide bonds. The van der Waals surface area contributed by atoms with Crippen LogP contribution in [-0.4, -0.2) is 9.66 Å². The minimum Gasteiger partial charge on any atom is -0.217 e. The Morgan fingerprint density at radius 2 is 0.647 bits per heavy atom. The fourth-order valence-corrected chi connectivity index (χ4v) is 13.5. The molecule has 0 fully saturated rings. The molecule has 0 saturated heterocycles. The molecule has 1 aromatic heterocycles. The summed E-state index contributed by atoms with van der Waals surface area (Å²) in [6, 6.07) is 74.5. The van der Waals surface area contributed by atoms with E-state index in [-0.39, 0.29) is 0 Å². The van der Waals surface area contributed by atoms with Gasteiger partial charge in [0.15, 0.2) is 0 Å². The lowest BCUT2D eigenvalue weighted by molar-refractivity contribution is 0.893. The summed E-state index contributed by atoms with van der Waals surface area (Å²) >= 11 is 0. The lowest BCUT2D eigenvalue weighted by Gasteiger charge is -2.28. The number of benzene rings is 7. The molecule has 4 nitrogen and oxygen atoms in total. The van der Waals surface area contributed by atoms with E-state index in [0.717, 1.165) is 43.1 Å². The highest BCUT2D eigenvalue weighted by molar-refractivity contribution is 7.88. The van der Waals surface area contributed by atoms with E-state index >= 15 is 0 Å². The predicted molar refractivity (Wildman–Crippen MR) is 218 cm³/mol. The Hall–Kier alpha value is -5.79. The molecule has 1 heterocycles. The van der Waals surface area contributed by atoms with Crippen molar-refractivity contribution >= 4 is 51.9 Å². The van der Waals surface area contributed by atoms with Gasteiger partial charge in [0.1, 0.15) is 0 Å². The average molecular weight is 695 g/mol. The van der Waals surface area contributed by atoms with Crippen molar-refractivity contribution in [3.8, 4) is 11.3 Å². The van der Waals surface area contributed by atoms with Crippen LogP contribution in [0.1, 0.15) is 0 Å². The zero-order valence-corrected chi connectivity index (χ0v) is 29.8. The highest BCUT2D eigenvalue weighted by Crippen LogP contribution is 2.51. The maximum atomic E-state index is 5.90. The fourth-order valence-electron chi connectivity index (χ4n) is 6.61. The molecule has 0 spiro atoms. The Morgan fingerprint density at radius 1 is 0.353 bits per heavy atom. The molecule has 0 saturated carbocycles. The van der Waals surface area contributed by atoms with Gasteiger partial charge in [-0.1, -0.05) is 212 Å². The summed E-state index contributed by atoms with van der Waals surface area (Å²) in [5, 5.41) is 6.89. The molecule has 8 rings (SSSR count). The van der Waals surface area contributed by atoms with Crippen LogP contribution in [0.5, 0.6) is 0 Å². The van der Waals surface area contributed by atoms with Gasteiger partial charge in [-0.3, -0.25) is 0 Å². The first kappa shape index (κ1) is 32.4. The van der Waals surface area contributed by atoms with E-state index in [1.54, 1.807) is 0 Å². The van der Waals surface area contributed by atoms with Gasteiger partial charge in [-0.05, 0) is 0 Å².